The molecule has 5 heteroatoms. The fourth-order valence-corrected chi connectivity index (χ4v) is 2.99. The second-order valence-corrected chi connectivity index (χ2v) is 5.59. The molecule has 0 spiro atoms. The molecular weight excluding hydrogens is 246 g/mol. The van der Waals surface area contributed by atoms with Crippen molar-refractivity contribution in [3.05, 3.63) is 18.2 Å². The fourth-order valence-electron chi connectivity index (χ4n) is 1.97. The summed E-state index contributed by atoms with van der Waals surface area (Å²) in [5.74, 6) is -0.00481. The highest BCUT2D eigenvalue weighted by Crippen LogP contribution is 2.41. The number of hydrogen-bond acceptors (Lipinski definition) is 4. The summed E-state index contributed by atoms with van der Waals surface area (Å²) < 4.78 is 0. The first kappa shape index (κ1) is 12.8. The smallest absolute Gasteiger partial charge is 0.241 e. The summed E-state index contributed by atoms with van der Waals surface area (Å²) in [6.45, 7) is 3.62. The number of carbonyl (C=O) groups is 1. The SMILES string of the molecule is CNc1ccc2c(c1)N(C(C)C#N)C(=O)C(C)S2. The van der Waals surface area contributed by atoms with Crippen LogP contribution in [0.1, 0.15) is 13.8 Å². The monoisotopic (exact) mass is 261 g/mol. The number of rotatable bonds is 2. The zero-order chi connectivity index (χ0) is 13.3. The van der Waals surface area contributed by atoms with E-state index in [9.17, 15) is 4.79 Å². The van der Waals surface area contributed by atoms with Gasteiger partial charge in [0, 0.05) is 17.6 Å². The van der Waals surface area contributed by atoms with E-state index in [1.807, 2.05) is 32.2 Å². The lowest BCUT2D eigenvalue weighted by molar-refractivity contribution is -0.118. The quantitative estimate of drug-likeness (QED) is 0.888. The van der Waals surface area contributed by atoms with Gasteiger partial charge in [0.2, 0.25) is 5.91 Å². The molecule has 94 valence electrons. The molecule has 0 saturated carbocycles. The van der Waals surface area contributed by atoms with Gasteiger partial charge in [0.25, 0.3) is 0 Å². The lowest BCUT2D eigenvalue weighted by atomic mass is 10.2. The zero-order valence-electron chi connectivity index (χ0n) is 10.6. The maximum Gasteiger partial charge on any atom is 0.241 e. The zero-order valence-corrected chi connectivity index (χ0v) is 11.4. The molecule has 2 unspecified atom stereocenters. The number of anilines is 2. The van der Waals surface area contributed by atoms with Crippen LogP contribution in [0.15, 0.2) is 23.1 Å². The molecular formula is C13H15N3OS. The first-order valence-electron chi connectivity index (χ1n) is 5.79. The number of benzene rings is 1. The molecule has 1 amide bonds. The van der Waals surface area contributed by atoms with Crippen LogP contribution in [0, 0.1) is 11.3 Å². The summed E-state index contributed by atoms with van der Waals surface area (Å²) in [6.07, 6.45) is 0. The highest BCUT2D eigenvalue weighted by atomic mass is 32.2. The van der Waals surface area contributed by atoms with Crippen molar-refractivity contribution in [2.75, 3.05) is 17.3 Å². The van der Waals surface area contributed by atoms with Crippen LogP contribution in [0.2, 0.25) is 0 Å². The Kier molecular flexibility index (Phi) is 3.48. The summed E-state index contributed by atoms with van der Waals surface area (Å²) in [5.41, 5.74) is 1.76. The van der Waals surface area contributed by atoms with Crippen molar-refractivity contribution in [1.82, 2.24) is 0 Å². The number of thioether (sulfide) groups is 1. The van der Waals surface area contributed by atoms with E-state index in [4.69, 9.17) is 5.26 Å². The molecule has 18 heavy (non-hydrogen) atoms. The van der Waals surface area contributed by atoms with E-state index in [0.29, 0.717) is 0 Å². The second kappa shape index (κ2) is 4.91. The van der Waals surface area contributed by atoms with Gasteiger partial charge < -0.3 is 5.32 Å². The molecule has 2 atom stereocenters. The maximum atomic E-state index is 12.2. The molecule has 1 aliphatic heterocycles. The van der Waals surface area contributed by atoms with Crippen molar-refractivity contribution in [3.63, 3.8) is 0 Å². The van der Waals surface area contributed by atoms with Gasteiger partial charge in [-0.15, -0.1) is 11.8 Å². The van der Waals surface area contributed by atoms with Gasteiger partial charge in [0.15, 0.2) is 0 Å². The summed E-state index contributed by atoms with van der Waals surface area (Å²) in [6, 6.07) is 7.57. The Bertz CT molecular complexity index is 523. The van der Waals surface area contributed by atoms with Crippen LogP contribution in [0.4, 0.5) is 11.4 Å². The van der Waals surface area contributed by atoms with Gasteiger partial charge in [-0.25, -0.2) is 0 Å². The third-order valence-electron chi connectivity index (χ3n) is 2.97. The first-order valence-corrected chi connectivity index (χ1v) is 6.67. The lowest BCUT2D eigenvalue weighted by Crippen LogP contribution is -2.44. The number of nitrogens with one attached hydrogen (secondary N) is 1. The first-order chi connectivity index (χ1) is 8.58. The number of hydrogen-bond donors (Lipinski definition) is 1. The Morgan fingerprint density at radius 2 is 2.28 bits per heavy atom. The summed E-state index contributed by atoms with van der Waals surface area (Å²) in [7, 11) is 1.83. The van der Waals surface area contributed by atoms with E-state index in [0.717, 1.165) is 16.3 Å². The largest absolute Gasteiger partial charge is 0.388 e. The van der Waals surface area contributed by atoms with Gasteiger partial charge in [0.1, 0.15) is 6.04 Å². The Balaban J connectivity index is 2.53. The van der Waals surface area contributed by atoms with Crippen LogP contribution in [-0.2, 0) is 4.79 Å². The van der Waals surface area contributed by atoms with Crippen molar-refractivity contribution < 1.29 is 4.79 Å². The number of nitriles is 1. The number of fused-ring (bicyclic) bond motifs is 1. The molecule has 4 nitrogen and oxygen atoms in total. The predicted molar refractivity (Wildman–Crippen MR) is 73.9 cm³/mol. The third-order valence-corrected chi connectivity index (χ3v) is 4.12. The molecule has 0 radical (unpaired) electrons. The molecule has 0 fully saturated rings. The molecule has 2 rings (SSSR count). The van der Waals surface area contributed by atoms with E-state index in [1.54, 1.807) is 23.6 Å². The van der Waals surface area contributed by atoms with Crippen molar-refractivity contribution in [2.24, 2.45) is 0 Å². The minimum Gasteiger partial charge on any atom is -0.388 e. The molecule has 0 aromatic heterocycles. The average molecular weight is 261 g/mol. The van der Waals surface area contributed by atoms with Gasteiger partial charge in [0.05, 0.1) is 17.0 Å². The van der Waals surface area contributed by atoms with E-state index in [-0.39, 0.29) is 11.2 Å². The summed E-state index contributed by atoms with van der Waals surface area (Å²) in [5, 5.41) is 12.0. The lowest BCUT2D eigenvalue weighted by Gasteiger charge is -2.34. The average Bonchev–Trinajstić information content (AvgIpc) is 2.39. The third kappa shape index (κ3) is 2.04. The maximum absolute atomic E-state index is 12.2. The molecule has 0 saturated heterocycles. The molecule has 1 N–H and O–H groups in total. The van der Waals surface area contributed by atoms with Gasteiger partial charge >= 0.3 is 0 Å². The van der Waals surface area contributed by atoms with Crippen LogP contribution >= 0.6 is 11.8 Å². The van der Waals surface area contributed by atoms with Gasteiger partial charge in [-0.05, 0) is 32.0 Å². The van der Waals surface area contributed by atoms with E-state index in [2.05, 4.69) is 11.4 Å². The van der Waals surface area contributed by atoms with Crippen LogP contribution in [0.3, 0.4) is 0 Å². The number of carbonyl (C=O) groups excluding carboxylic acids is 1. The predicted octanol–water partition coefficient (Wildman–Crippen LogP) is 2.47. The van der Waals surface area contributed by atoms with Crippen LogP contribution in [-0.4, -0.2) is 24.2 Å². The van der Waals surface area contributed by atoms with Crippen LogP contribution in [0.25, 0.3) is 0 Å². The topological polar surface area (TPSA) is 56.1 Å². The minimum absolute atomic E-state index is 0.00481. The fraction of sp³-hybridized carbons (Fsp3) is 0.385. The molecule has 1 aliphatic rings. The van der Waals surface area contributed by atoms with Crippen molar-refractivity contribution >= 4 is 29.0 Å². The van der Waals surface area contributed by atoms with E-state index in [1.165, 1.54) is 0 Å². The Morgan fingerprint density at radius 3 is 2.89 bits per heavy atom. The summed E-state index contributed by atoms with van der Waals surface area (Å²) in [4.78, 5) is 14.9. The highest BCUT2D eigenvalue weighted by molar-refractivity contribution is 8.01. The van der Waals surface area contributed by atoms with Crippen molar-refractivity contribution in [3.8, 4) is 6.07 Å². The number of amides is 1. The van der Waals surface area contributed by atoms with Crippen molar-refractivity contribution in [1.29, 1.82) is 5.26 Å². The van der Waals surface area contributed by atoms with Crippen molar-refractivity contribution in [2.45, 2.75) is 30.0 Å². The minimum atomic E-state index is -0.452. The molecule has 1 heterocycles. The molecule has 0 aliphatic carbocycles. The second-order valence-electron chi connectivity index (χ2n) is 4.21. The highest BCUT2D eigenvalue weighted by Gasteiger charge is 2.33. The summed E-state index contributed by atoms with van der Waals surface area (Å²) >= 11 is 1.54. The van der Waals surface area contributed by atoms with E-state index < -0.39 is 6.04 Å². The number of nitrogens with zero attached hydrogens (tertiary/aromatic N) is 2. The normalized spacial score (nSPS) is 20.0. The molecule has 1 aromatic rings. The van der Waals surface area contributed by atoms with Gasteiger partial charge in [-0.2, -0.15) is 5.26 Å². The van der Waals surface area contributed by atoms with Crippen LogP contribution in [0.5, 0.6) is 0 Å². The van der Waals surface area contributed by atoms with Gasteiger partial charge in [-0.1, -0.05) is 0 Å². The van der Waals surface area contributed by atoms with E-state index >= 15 is 0 Å². The standard InChI is InChI=1S/C13H15N3OS/c1-8(7-14)16-11-6-10(15-3)4-5-12(11)18-9(2)13(16)17/h4-6,8-9,15H,1-3H3. The molecule has 1 aromatic carbocycles. The Hall–Kier alpha value is -1.67. The molecule has 0 bridgehead atoms. The Labute approximate surface area is 111 Å². The Morgan fingerprint density at radius 1 is 1.56 bits per heavy atom. The van der Waals surface area contributed by atoms with Gasteiger partial charge in [-0.3, -0.25) is 9.69 Å². The van der Waals surface area contributed by atoms with Crippen LogP contribution < -0.4 is 10.2 Å².